The van der Waals surface area contributed by atoms with Crippen molar-refractivity contribution in [3.05, 3.63) is 36.4 Å². The van der Waals surface area contributed by atoms with Crippen LogP contribution in [0.1, 0.15) is 20.8 Å². The van der Waals surface area contributed by atoms with Gasteiger partial charge in [0.1, 0.15) is 11.4 Å². The van der Waals surface area contributed by atoms with Crippen molar-refractivity contribution >= 4 is 6.09 Å². The van der Waals surface area contributed by atoms with Gasteiger partial charge in [-0.2, -0.15) is 0 Å². The Balaban J connectivity index is 2.72. The van der Waals surface area contributed by atoms with E-state index < -0.39 is 11.7 Å². The summed E-state index contributed by atoms with van der Waals surface area (Å²) in [5.74, 6) is 0.00543. The van der Waals surface area contributed by atoms with Gasteiger partial charge in [0, 0.05) is 6.20 Å². The minimum absolute atomic E-state index is 0.00543. The van der Waals surface area contributed by atoms with Gasteiger partial charge < -0.3 is 9.84 Å². The number of ether oxygens (including phenoxy) is 1. The van der Waals surface area contributed by atoms with Gasteiger partial charge in [-0.25, -0.2) is 4.79 Å². The average molecular weight is 209 g/mol. The first kappa shape index (κ1) is 11.4. The predicted octanol–water partition coefficient (Wildman–Crippen LogP) is 2.71. The Morgan fingerprint density at radius 3 is 2.67 bits per heavy atom. The van der Waals surface area contributed by atoms with Crippen LogP contribution in [0.3, 0.4) is 0 Å². The maximum absolute atomic E-state index is 11.6. The molecule has 4 heteroatoms. The summed E-state index contributed by atoms with van der Waals surface area (Å²) in [5.41, 5.74) is -0.548. The first-order valence-electron chi connectivity index (χ1n) is 4.65. The maximum Gasteiger partial charge on any atom is 0.418 e. The molecule has 0 atom stereocenters. The van der Waals surface area contributed by atoms with Crippen molar-refractivity contribution in [3.8, 4) is 0 Å². The molecule has 0 aromatic carbocycles. The smallest absolute Gasteiger partial charge is 0.418 e. The molecule has 4 nitrogen and oxygen atoms in total. The molecule has 1 N–H and O–H groups in total. The standard InChI is InChI=1S/C11H15NO3/c1-11(2,3)15-10(14)12-7-5-4-6-9(13)8-12/h4-8,13H,1-3H3. The summed E-state index contributed by atoms with van der Waals surface area (Å²) in [6.07, 6.45) is 7.07. The molecular formula is C11H15NO3. The molecule has 0 radical (unpaired) electrons. The lowest BCUT2D eigenvalue weighted by atomic mass is 10.2. The quantitative estimate of drug-likeness (QED) is 0.667. The molecule has 0 aromatic heterocycles. The van der Waals surface area contributed by atoms with Gasteiger partial charge in [-0.05, 0) is 32.9 Å². The number of carbonyl (C=O) groups excluding carboxylic acids is 1. The summed E-state index contributed by atoms with van der Waals surface area (Å²) in [6.45, 7) is 5.36. The van der Waals surface area contributed by atoms with Crippen LogP contribution in [0.5, 0.6) is 0 Å². The molecule has 0 unspecified atom stereocenters. The fourth-order valence-corrected chi connectivity index (χ4v) is 0.953. The van der Waals surface area contributed by atoms with Gasteiger partial charge >= 0.3 is 6.09 Å². The second-order valence-electron chi connectivity index (χ2n) is 4.14. The highest BCUT2D eigenvalue weighted by Crippen LogP contribution is 2.12. The van der Waals surface area contributed by atoms with Crippen molar-refractivity contribution in [1.82, 2.24) is 4.90 Å². The fraction of sp³-hybridized carbons (Fsp3) is 0.364. The van der Waals surface area contributed by atoms with Crippen LogP contribution in [-0.4, -0.2) is 21.7 Å². The highest BCUT2D eigenvalue weighted by Gasteiger charge is 2.20. The molecule has 0 spiro atoms. The monoisotopic (exact) mass is 209 g/mol. The van der Waals surface area contributed by atoms with Gasteiger partial charge in [0.2, 0.25) is 0 Å². The number of nitrogens with zero attached hydrogens (tertiary/aromatic N) is 1. The summed E-state index contributed by atoms with van der Waals surface area (Å²) < 4.78 is 5.13. The lowest BCUT2D eigenvalue weighted by Crippen LogP contribution is -2.30. The second-order valence-corrected chi connectivity index (χ2v) is 4.14. The van der Waals surface area contributed by atoms with E-state index in [-0.39, 0.29) is 5.76 Å². The third-order valence-electron chi connectivity index (χ3n) is 1.50. The molecule has 1 rings (SSSR count). The number of carbonyl (C=O) groups is 1. The van der Waals surface area contributed by atoms with Crippen LogP contribution in [0.2, 0.25) is 0 Å². The number of aliphatic hydroxyl groups is 1. The van der Waals surface area contributed by atoms with Crippen LogP contribution in [0.25, 0.3) is 0 Å². The largest absolute Gasteiger partial charge is 0.506 e. The van der Waals surface area contributed by atoms with Crippen molar-refractivity contribution in [2.75, 3.05) is 0 Å². The van der Waals surface area contributed by atoms with E-state index in [9.17, 15) is 9.90 Å². The van der Waals surface area contributed by atoms with E-state index in [1.807, 2.05) is 0 Å². The summed E-state index contributed by atoms with van der Waals surface area (Å²) in [6, 6.07) is 0. The molecule has 0 saturated carbocycles. The van der Waals surface area contributed by atoms with Crippen molar-refractivity contribution in [3.63, 3.8) is 0 Å². The Kier molecular flexibility index (Phi) is 3.19. The Bertz CT molecular complexity index is 334. The highest BCUT2D eigenvalue weighted by molar-refractivity contribution is 5.71. The predicted molar refractivity (Wildman–Crippen MR) is 57.1 cm³/mol. The van der Waals surface area contributed by atoms with Gasteiger partial charge in [0.15, 0.2) is 0 Å². The molecule has 1 aliphatic rings. The highest BCUT2D eigenvalue weighted by atomic mass is 16.6. The van der Waals surface area contributed by atoms with E-state index in [1.165, 1.54) is 23.4 Å². The van der Waals surface area contributed by atoms with Crippen molar-refractivity contribution in [2.24, 2.45) is 0 Å². The zero-order valence-corrected chi connectivity index (χ0v) is 9.10. The van der Waals surface area contributed by atoms with Crippen LogP contribution in [-0.2, 0) is 4.74 Å². The summed E-state index contributed by atoms with van der Waals surface area (Å²) in [7, 11) is 0. The molecule has 0 saturated heterocycles. The van der Waals surface area contributed by atoms with E-state index in [1.54, 1.807) is 32.9 Å². The van der Waals surface area contributed by atoms with E-state index in [2.05, 4.69) is 0 Å². The van der Waals surface area contributed by atoms with Gasteiger partial charge in [-0.3, -0.25) is 4.90 Å². The molecule has 0 bridgehead atoms. The Labute approximate surface area is 89.1 Å². The summed E-state index contributed by atoms with van der Waals surface area (Å²) in [5, 5.41) is 9.29. The van der Waals surface area contributed by atoms with E-state index >= 15 is 0 Å². The van der Waals surface area contributed by atoms with Gasteiger partial charge in [-0.15, -0.1) is 0 Å². The van der Waals surface area contributed by atoms with Crippen molar-refractivity contribution in [1.29, 1.82) is 0 Å². The minimum atomic E-state index is -0.548. The average Bonchev–Trinajstić information content (AvgIpc) is 2.26. The molecule has 0 aliphatic carbocycles. The number of aliphatic hydroxyl groups excluding tert-OH is 1. The second kappa shape index (κ2) is 4.21. The zero-order valence-electron chi connectivity index (χ0n) is 9.10. The number of allylic oxidation sites excluding steroid dienone is 3. The molecule has 1 amide bonds. The molecule has 1 aliphatic heterocycles. The van der Waals surface area contributed by atoms with Crippen molar-refractivity contribution < 1.29 is 14.6 Å². The van der Waals surface area contributed by atoms with Crippen LogP contribution in [0.15, 0.2) is 36.4 Å². The first-order valence-corrected chi connectivity index (χ1v) is 4.65. The number of hydrogen-bond donors (Lipinski definition) is 1. The lowest BCUT2D eigenvalue weighted by Gasteiger charge is -2.22. The number of hydrogen-bond acceptors (Lipinski definition) is 3. The first-order chi connectivity index (χ1) is 6.88. The van der Waals surface area contributed by atoms with E-state index in [4.69, 9.17) is 4.74 Å². The molecule has 1 heterocycles. The lowest BCUT2D eigenvalue weighted by molar-refractivity contribution is 0.0396. The minimum Gasteiger partial charge on any atom is -0.506 e. The normalized spacial score (nSPS) is 15.9. The fourth-order valence-electron chi connectivity index (χ4n) is 0.953. The molecule has 82 valence electrons. The van der Waals surface area contributed by atoms with Crippen LogP contribution >= 0.6 is 0 Å². The number of amides is 1. The third-order valence-corrected chi connectivity index (χ3v) is 1.50. The SMILES string of the molecule is CC(C)(C)OC(=O)N1C=CC=CC(O)=C1. The number of rotatable bonds is 0. The molecule has 15 heavy (non-hydrogen) atoms. The summed E-state index contributed by atoms with van der Waals surface area (Å²) >= 11 is 0. The molecule has 0 fully saturated rings. The molecular weight excluding hydrogens is 194 g/mol. The van der Waals surface area contributed by atoms with E-state index in [0.717, 1.165) is 0 Å². The summed E-state index contributed by atoms with van der Waals surface area (Å²) in [4.78, 5) is 12.8. The third kappa shape index (κ3) is 3.89. The van der Waals surface area contributed by atoms with Crippen LogP contribution in [0, 0.1) is 0 Å². The molecule has 0 aromatic rings. The topological polar surface area (TPSA) is 49.8 Å². The van der Waals surface area contributed by atoms with Crippen LogP contribution < -0.4 is 0 Å². The Hall–Kier alpha value is -1.71. The Morgan fingerprint density at radius 1 is 1.40 bits per heavy atom. The Morgan fingerprint density at radius 2 is 2.07 bits per heavy atom. The van der Waals surface area contributed by atoms with Gasteiger partial charge in [0.25, 0.3) is 0 Å². The van der Waals surface area contributed by atoms with Crippen LogP contribution in [0.4, 0.5) is 4.79 Å². The van der Waals surface area contributed by atoms with Crippen molar-refractivity contribution in [2.45, 2.75) is 26.4 Å². The van der Waals surface area contributed by atoms with Gasteiger partial charge in [-0.1, -0.05) is 6.08 Å². The maximum atomic E-state index is 11.6. The van der Waals surface area contributed by atoms with E-state index in [0.29, 0.717) is 0 Å². The van der Waals surface area contributed by atoms with Gasteiger partial charge in [0.05, 0.1) is 6.20 Å². The zero-order chi connectivity index (χ0) is 11.5.